The van der Waals surface area contributed by atoms with Gasteiger partial charge in [0, 0.05) is 8.95 Å². The van der Waals surface area contributed by atoms with Gasteiger partial charge in [-0.15, -0.1) is 0 Å². The van der Waals surface area contributed by atoms with Gasteiger partial charge in [-0.3, -0.25) is 30.3 Å². The van der Waals surface area contributed by atoms with E-state index in [9.17, 15) is 34.7 Å². The lowest BCUT2D eigenvalue weighted by molar-refractivity contribution is -0.401. The molecular weight excluding hydrogens is 475 g/mol. The number of nitrogens with zero attached hydrogens (tertiary/aromatic N) is 3. The maximum Gasteiger partial charge on any atom is 0.306 e. The number of hydrogen-bond acceptors (Lipinski definition) is 7. The van der Waals surface area contributed by atoms with Crippen molar-refractivity contribution in [1.29, 1.82) is 0 Å². The molecule has 1 N–H and O–H groups in total. The number of anilines is 2. The Hall–Kier alpha value is -2.67. The molecular formula is C12H5Br2FN4O6. The van der Waals surface area contributed by atoms with E-state index in [1.54, 1.807) is 0 Å². The van der Waals surface area contributed by atoms with E-state index in [2.05, 4.69) is 37.2 Å². The van der Waals surface area contributed by atoms with Gasteiger partial charge in [0.1, 0.15) is 5.82 Å². The molecule has 2 rings (SSSR count). The standard InChI is InChI=1S/C12H5Br2FN4O6/c13-5-1-7(14)11(8(15)2-5)16-12-9(18(22)23)3-6(17(20)21)4-10(12)19(24)25/h1-4,16H. The fourth-order valence-corrected chi connectivity index (χ4v) is 3.18. The van der Waals surface area contributed by atoms with Crippen molar-refractivity contribution in [2.75, 3.05) is 5.32 Å². The van der Waals surface area contributed by atoms with Crippen LogP contribution < -0.4 is 5.32 Å². The Kier molecular flexibility index (Phi) is 5.27. The van der Waals surface area contributed by atoms with Crippen LogP contribution in [0.1, 0.15) is 0 Å². The van der Waals surface area contributed by atoms with Crippen LogP contribution in [0, 0.1) is 36.2 Å². The number of nitro benzene ring substituents is 3. The molecule has 0 radical (unpaired) electrons. The molecule has 25 heavy (non-hydrogen) atoms. The molecule has 0 aliphatic rings. The average Bonchev–Trinajstić information content (AvgIpc) is 2.49. The minimum atomic E-state index is -1.03. The van der Waals surface area contributed by atoms with Gasteiger partial charge in [-0.25, -0.2) is 4.39 Å². The van der Waals surface area contributed by atoms with Gasteiger partial charge in [0.25, 0.3) is 5.69 Å². The summed E-state index contributed by atoms with van der Waals surface area (Å²) in [6.07, 6.45) is 0. The van der Waals surface area contributed by atoms with Crippen LogP contribution in [-0.4, -0.2) is 14.8 Å². The quantitative estimate of drug-likeness (QED) is 0.478. The van der Waals surface area contributed by atoms with E-state index < -0.39 is 43.3 Å². The SMILES string of the molecule is O=[N+]([O-])c1cc([N+](=O)[O-])c(Nc2c(F)cc(Br)cc2Br)c([N+](=O)[O-])c1. The van der Waals surface area contributed by atoms with E-state index >= 15 is 0 Å². The van der Waals surface area contributed by atoms with Crippen LogP contribution in [0.4, 0.5) is 32.8 Å². The summed E-state index contributed by atoms with van der Waals surface area (Å²) in [5.41, 5.74) is -3.68. The Labute approximate surface area is 154 Å². The number of benzene rings is 2. The summed E-state index contributed by atoms with van der Waals surface area (Å²) in [5.74, 6) is -0.858. The number of hydrogen-bond donors (Lipinski definition) is 1. The zero-order valence-corrected chi connectivity index (χ0v) is 14.9. The highest BCUT2D eigenvalue weighted by molar-refractivity contribution is 9.11. The van der Waals surface area contributed by atoms with Gasteiger partial charge in [0.2, 0.25) is 0 Å². The Morgan fingerprint density at radius 2 is 1.36 bits per heavy atom. The third-order valence-corrected chi connectivity index (χ3v) is 4.03. The molecule has 13 heteroatoms. The lowest BCUT2D eigenvalue weighted by Crippen LogP contribution is -2.05. The van der Waals surface area contributed by atoms with Gasteiger partial charge in [0.15, 0.2) is 5.69 Å². The highest BCUT2D eigenvalue weighted by Crippen LogP contribution is 2.42. The second kappa shape index (κ2) is 7.06. The first-order chi connectivity index (χ1) is 11.6. The minimum absolute atomic E-state index is 0.126. The summed E-state index contributed by atoms with van der Waals surface area (Å²) in [6.45, 7) is 0. The molecule has 0 saturated heterocycles. The van der Waals surface area contributed by atoms with Crippen molar-refractivity contribution in [3.63, 3.8) is 0 Å². The summed E-state index contributed by atoms with van der Waals surface area (Å²) in [5, 5.41) is 35.5. The maximum atomic E-state index is 14.1. The Bertz CT molecular complexity index is 864. The lowest BCUT2D eigenvalue weighted by atomic mass is 10.2. The van der Waals surface area contributed by atoms with Crippen LogP contribution in [0.25, 0.3) is 0 Å². The van der Waals surface area contributed by atoms with Crippen molar-refractivity contribution >= 4 is 60.3 Å². The maximum absolute atomic E-state index is 14.1. The molecule has 0 unspecified atom stereocenters. The fourth-order valence-electron chi connectivity index (χ4n) is 1.91. The van der Waals surface area contributed by atoms with Crippen molar-refractivity contribution in [2.24, 2.45) is 0 Å². The zero-order chi connectivity index (χ0) is 18.9. The Morgan fingerprint density at radius 3 is 1.76 bits per heavy atom. The molecule has 0 aliphatic heterocycles. The van der Waals surface area contributed by atoms with Crippen LogP contribution in [-0.2, 0) is 0 Å². The molecule has 130 valence electrons. The average molecular weight is 480 g/mol. The summed E-state index contributed by atoms with van der Waals surface area (Å²) in [4.78, 5) is 30.1. The molecule has 0 spiro atoms. The van der Waals surface area contributed by atoms with E-state index in [1.165, 1.54) is 6.07 Å². The van der Waals surface area contributed by atoms with Crippen molar-refractivity contribution in [1.82, 2.24) is 0 Å². The third kappa shape index (κ3) is 3.88. The van der Waals surface area contributed by atoms with E-state index in [4.69, 9.17) is 0 Å². The fraction of sp³-hybridized carbons (Fsp3) is 0. The van der Waals surface area contributed by atoms with E-state index in [1.807, 2.05) is 0 Å². The molecule has 0 fully saturated rings. The molecule has 2 aromatic carbocycles. The van der Waals surface area contributed by atoms with E-state index in [-0.39, 0.29) is 10.2 Å². The number of halogens is 3. The molecule has 0 heterocycles. The monoisotopic (exact) mass is 478 g/mol. The molecule has 0 aromatic heterocycles. The normalized spacial score (nSPS) is 10.4. The predicted octanol–water partition coefficient (Wildman–Crippen LogP) is 4.82. The van der Waals surface area contributed by atoms with Gasteiger partial charge in [-0.1, -0.05) is 15.9 Å². The number of nitro groups is 3. The molecule has 0 atom stereocenters. The van der Waals surface area contributed by atoms with Gasteiger partial charge in [0.05, 0.1) is 32.6 Å². The minimum Gasteiger partial charge on any atom is -0.341 e. The smallest absolute Gasteiger partial charge is 0.306 e. The Balaban J connectivity index is 2.74. The van der Waals surface area contributed by atoms with Crippen molar-refractivity contribution in [3.8, 4) is 0 Å². The molecule has 0 aliphatic carbocycles. The summed E-state index contributed by atoms with van der Waals surface area (Å²) in [6, 6.07) is 3.56. The topological polar surface area (TPSA) is 141 Å². The largest absolute Gasteiger partial charge is 0.341 e. The van der Waals surface area contributed by atoms with Crippen LogP contribution in [0.15, 0.2) is 33.2 Å². The van der Waals surface area contributed by atoms with E-state index in [0.29, 0.717) is 16.6 Å². The summed E-state index contributed by atoms with van der Waals surface area (Å²) >= 11 is 6.08. The van der Waals surface area contributed by atoms with Crippen LogP contribution in [0.3, 0.4) is 0 Å². The highest BCUT2D eigenvalue weighted by Gasteiger charge is 2.31. The predicted molar refractivity (Wildman–Crippen MR) is 91.5 cm³/mol. The van der Waals surface area contributed by atoms with Gasteiger partial charge in [-0.05, 0) is 28.1 Å². The van der Waals surface area contributed by atoms with Crippen LogP contribution in [0.5, 0.6) is 0 Å². The van der Waals surface area contributed by atoms with Crippen molar-refractivity contribution in [3.05, 3.63) is 69.4 Å². The summed E-state index contributed by atoms with van der Waals surface area (Å²) in [7, 11) is 0. The van der Waals surface area contributed by atoms with Gasteiger partial charge < -0.3 is 5.32 Å². The first-order valence-corrected chi connectivity index (χ1v) is 7.73. The molecule has 0 saturated carbocycles. The molecule has 2 aromatic rings. The van der Waals surface area contributed by atoms with Crippen molar-refractivity contribution < 1.29 is 19.2 Å². The van der Waals surface area contributed by atoms with Gasteiger partial charge in [-0.2, -0.15) is 0 Å². The van der Waals surface area contributed by atoms with Gasteiger partial charge >= 0.3 is 11.4 Å². The molecule has 0 amide bonds. The third-order valence-electron chi connectivity index (χ3n) is 2.94. The second-order valence-corrected chi connectivity index (χ2v) is 6.27. The number of non-ortho nitro benzene ring substituents is 1. The number of rotatable bonds is 5. The second-order valence-electron chi connectivity index (χ2n) is 4.50. The summed E-state index contributed by atoms with van der Waals surface area (Å²) < 4.78 is 14.6. The highest BCUT2D eigenvalue weighted by atomic mass is 79.9. The Morgan fingerprint density at radius 1 is 0.840 bits per heavy atom. The van der Waals surface area contributed by atoms with Crippen molar-refractivity contribution in [2.45, 2.75) is 0 Å². The number of nitrogens with one attached hydrogen (secondary N) is 1. The first-order valence-electron chi connectivity index (χ1n) is 6.14. The molecule has 0 bridgehead atoms. The van der Waals surface area contributed by atoms with E-state index in [0.717, 1.165) is 6.07 Å². The molecule has 10 nitrogen and oxygen atoms in total. The lowest BCUT2D eigenvalue weighted by Gasteiger charge is -2.11. The van der Waals surface area contributed by atoms with Crippen LogP contribution >= 0.6 is 31.9 Å². The zero-order valence-electron chi connectivity index (χ0n) is 11.7. The van der Waals surface area contributed by atoms with Crippen LogP contribution in [0.2, 0.25) is 0 Å². The first kappa shape index (κ1) is 18.7.